The van der Waals surface area contributed by atoms with Crippen LogP contribution in [0.1, 0.15) is 12.1 Å². The topological polar surface area (TPSA) is 62.3 Å². The Morgan fingerprint density at radius 2 is 2.09 bits per heavy atom. The Morgan fingerprint density at radius 3 is 2.91 bits per heavy atom. The molecule has 2 heterocycles. The molecule has 6 heteroatoms. The van der Waals surface area contributed by atoms with E-state index >= 15 is 0 Å². The van der Waals surface area contributed by atoms with Gasteiger partial charge in [0.25, 0.3) is 0 Å². The van der Waals surface area contributed by atoms with Crippen LogP contribution in [0.15, 0.2) is 47.4 Å². The molecule has 0 saturated heterocycles. The second kappa shape index (κ2) is 6.83. The molecule has 2 aromatic rings. The van der Waals surface area contributed by atoms with Gasteiger partial charge in [-0.3, -0.25) is 9.59 Å². The lowest BCUT2D eigenvalue weighted by Gasteiger charge is -2.28. The highest BCUT2D eigenvalue weighted by atomic mass is 32.2. The number of thioether (sulfide) groups is 1. The first-order valence-corrected chi connectivity index (χ1v) is 8.38. The SMILES string of the molecule is Cc1cccc(NC(=O)CCN2C(=O)CSc3ccccc32)n1. The predicted molar refractivity (Wildman–Crippen MR) is 91.7 cm³/mol. The second-order valence-electron chi connectivity index (χ2n) is 5.26. The molecule has 2 amide bonds. The number of aryl methyl sites for hydroxylation is 1. The summed E-state index contributed by atoms with van der Waals surface area (Å²) in [5.41, 5.74) is 1.73. The Morgan fingerprint density at radius 1 is 1.26 bits per heavy atom. The quantitative estimate of drug-likeness (QED) is 0.938. The van der Waals surface area contributed by atoms with Crippen LogP contribution in [0.4, 0.5) is 11.5 Å². The maximum atomic E-state index is 12.1. The van der Waals surface area contributed by atoms with Crippen molar-refractivity contribution in [2.45, 2.75) is 18.2 Å². The maximum absolute atomic E-state index is 12.1. The van der Waals surface area contributed by atoms with Gasteiger partial charge >= 0.3 is 0 Å². The van der Waals surface area contributed by atoms with E-state index < -0.39 is 0 Å². The van der Waals surface area contributed by atoms with Crippen molar-refractivity contribution in [3.63, 3.8) is 0 Å². The third-order valence-electron chi connectivity index (χ3n) is 3.53. The number of pyridine rings is 1. The summed E-state index contributed by atoms with van der Waals surface area (Å²) < 4.78 is 0. The summed E-state index contributed by atoms with van der Waals surface area (Å²) in [6.45, 7) is 2.24. The van der Waals surface area contributed by atoms with E-state index in [0.717, 1.165) is 16.3 Å². The minimum Gasteiger partial charge on any atom is -0.311 e. The molecule has 0 fully saturated rings. The fourth-order valence-electron chi connectivity index (χ4n) is 2.43. The number of rotatable bonds is 4. The van der Waals surface area contributed by atoms with Gasteiger partial charge in [0, 0.05) is 23.6 Å². The van der Waals surface area contributed by atoms with Gasteiger partial charge in [0.15, 0.2) is 0 Å². The molecule has 0 aliphatic carbocycles. The van der Waals surface area contributed by atoms with E-state index in [4.69, 9.17) is 0 Å². The summed E-state index contributed by atoms with van der Waals surface area (Å²) in [7, 11) is 0. The average Bonchev–Trinajstić information content (AvgIpc) is 2.54. The first-order valence-electron chi connectivity index (χ1n) is 7.39. The van der Waals surface area contributed by atoms with Crippen molar-refractivity contribution in [2.75, 3.05) is 22.5 Å². The van der Waals surface area contributed by atoms with Gasteiger partial charge in [-0.15, -0.1) is 11.8 Å². The van der Waals surface area contributed by atoms with Crippen LogP contribution in [0.25, 0.3) is 0 Å². The molecule has 0 radical (unpaired) electrons. The van der Waals surface area contributed by atoms with Gasteiger partial charge in [-0.1, -0.05) is 18.2 Å². The molecule has 5 nitrogen and oxygen atoms in total. The lowest BCUT2D eigenvalue weighted by Crippen LogP contribution is -2.37. The minimum absolute atomic E-state index is 0.0372. The molecule has 118 valence electrons. The van der Waals surface area contributed by atoms with Crippen LogP contribution in [-0.4, -0.2) is 29.1 Å². The van der Waals surface area contributed by atoms with E-state index in [-0.39, 0.29) is 18.2 Å². The average molecular weight is 327 g/mol. The van der Waals surface area contributed by atoms with Crippen molar-refractivity contribution < 1.29 is 9.59 Å². The molecule has 1 aliphatic rings. The highest BCUT2D eigenvalue weighted by molar-refractivity contribution is 8.00. The Bertz CT molecular complexity index is 748. The van der Waals surface area contributed by atoms with E-state index in [9.17, 15) is 9.59 Å². The summed E-state index contributed by atoms with van der Waals surface area (Å²) in [5, 5.41) is 2.77. The molecule has 1 aromatic carbocycles. The van der Waals surface area contributed by atoms with Crippen LogP contribution in [0.3, 0.4) is 0 Å². The van der Waals surface area contributed by atoms with Crippen molar-refractivity contribution >= 4 is 35.1 Å². The number of aromatic nitrogens is 1. The van der Waals surface area contributed by atoms with Crippen molar-refractivity contribution in [3.05, 3.63) is 48.2 Å². The molecule has 23 heavy (non-hydrogen) atoms. The zero-order valence-electron chi connectivity index (χ0n) is 12.8. The number of hydrogen-bond donors (Lipinski definition) is 1. The summed E-state index contributed by atoms with van der Waals surface area (Å²) in [5.74, 6) is 0.843. The molecule has 0 saturated carbocycles. The summed E-state index contributed by atoms with van der Waals surface area (Å²) in [6, 6.07) is 13.2. The normalized spacial score (nSPS) is 13.6. The third-order valence-corrected chi connectivity index (χ3v) is 4.57. The second-order valence-corrected chi connectivity index (χ2v) is 6.28. The van der Waals surface area contributed by atoms with Crippen molar-refractivity contribution in [1.82, 2.24) is 4.98 Å². The number of anilines is 2. The third kappa shape index (κ3) is 3.71. The lowest BCUT2D eigenvalue weighted by atomic mass is 10.2. The van der Waals surface area contributed by atoms with E-state index in [1.54, 1.807) is 11.0 Å². The van der Waals surface area contributed by atoms with E-state index in [0.29, 0.717) is 18.1 Å². The molecule has 1 N–H and O–H groups in total. The Balaban J connectivity index is 1.64. The molecule has 3 rings (SSSR count). The zero-order valence-corrected chi connectivity index (χ0v) is 13.6. The zero-order chi connectivity index (χ0) is 16.2. The maximum Gasteiger partial charge on any atom is 0.237 e. The van der Waals surface area contributed by atoms with Gasteiger partial charge < -0.3 is 10.2 Å². The van der Waals surface area contributed by atoms with E-state index in [1.165, 1.54) is 11.8 Å². The highest BCUT2D eigenvalue weighted by Gasteiger charge is 2.24. The fraction of sp³-hybridized carbons (Fsp3) is 0.235. The van der Waals surface area contributed by atoms with Crippen LogP contribution < -0.4 is 10.2 Å². The van der Waals surface area contributed by atoms with Crippen LogP contribution in [-0.2, 0) is 9.59 Å². The Labute approximate surface area is 139 Å². The van der Waals surface area contributed by atoms with Crippen LogP contribution in [0.5, 0.6) is 0 Å². The standard InChI is InChI=1S/C17H17N3O2S/c1-12-5-4-8-15(18-12)19-16(21)9-10-20-13-6-2-3-7-14(13)23-11-17(20)22/h2-8H,9-11H2,1H3,(H,18,19,21). The molecular formula is C17H17N3O2S. The monoisotopic (exact) mass is 327 g/mol. The molecule has 0 unspecified atom stereocenters. The van der Waals surface area contributed by atoms with E-state index in [2.05, 4.69) is 10.3 Å². The summed E-state index contributed by atoms with van der Waals surface area (Å²) in [4.78, 5) is 31.2. The smallest absolute Gasteiger partial charge is 0.237 e. The van der Waals surface area contributed by atoms with Crippen LogP contribution in [0, 0.1) is 6.92 Å². The molecule has 0 atom stereocenters. The number of carbonyl (C=O) groups is 2. The van der Waals surface area contributed by atoms with Crippen molar-refractivity contribution in [3.8, 4) is 0 Å². The van der Waals surface area contributed by atoms with Crippen molar-refractivity contribution in [1.29, 1.82) is 0 Å². The van der Waals surface area contributed by atoms with Gasteiger partial charge in [-0.05, 0) is 31.2 Å². The van der Waals surface area contributed by atoms with Crippen LogP contribution >= 0.6 is 11.8 Å². The van der Waals surface area contributed by atoms with E-state index in [1.807, 2.05) is 43.3 Å². The number of para-hydroxylation sites is 1. The number of amides is 2. The fourth-order valence-corrected chi connectivity index (χ4v) is 3.37. The Kier molecular flexibility index (Phi) is 4.62. The largest absolute Gasteiger partial charge is 0.311 e. The minimum atomic E-state index is -0.147. The first kappa shape index (κ1) is 15.6. The molecule has 0 spiro atoms. The van der Waals surface area contributed by atoms with Gasteiger partial charge in [0.05, 0.1) is 11.4 Å². The van der Waals surface area contributed by atoms with Crippen LogP contribution in [0.2, 0.25) is 0 Å². The number of fused-ring (bicyclic) bond motifs is 1. The van der Waals surface area contributed by atoms with Gasteiger partial charge in [-0.25, -0.2) is 4.98 Å². The Hall–Kier alpha value is -2.34. The number of nitrogens with zero attached hydrogens (tertiary/aromatic N) is 2. The van der Waals surface area contributed by atoms with Gasteiger partial charge in [0.2, 0.25) is 11.8 Å². The molecule has 1 aliphatic heterocycles. The van der Waals surface area contributed by atoms with Crippen molar-refractivity contribution in [2.24, 2.45) is 0 Å². The molecule has 0 bridgehead atoms. The highest BCUT2D eigenvalue weighted by Crippen LogP contribution is 2.34. The first-order chi connectivity index (χ1) is 11.1. The number of benzene rings is 1. The summed E-state index contributed by atoms with van der Waals surface area (Å²) >= 11 is 1.54. The van der Waals surface area contributed by atoms with Gasteiger partial charge in [-0.2, -0.15) is 0 Å². The lowest BCUT2D eigenvalue weighted by molar-refractivity contribution is -0.117. The summed E-state index contributed by atoms with van der Waals surface area (Å²) in [6.07, 6.45) is 0.236. The molecule has 1 aromatic heterocycles. The molecular weight excluding hydrogens is 310 g/mol. The number of carbonyl (C=O) groups excluding carboxylic acids is 2. The van der Waals surface area contributed by atoms with Gasteiger partial charge in [0.1, 0.15) is 5.82 Å². The predicted octanol–water partition coefficient (Wildman–Crippen LogP) is 2.86. The number of hydrogen-bond acceptors (Lipinski definition) is 4. The number of nitrogens with one attached hydrogen (secondary N) is 1.